The molecular formula is C15H16N2O2. The number of nitrogens with two attached hydrogens (primary N) is 1. The second-order valence-corrected chi connectivity index (χ2v) is 4.11. The summed E-state index contributed by atoms with van der Waals surface area (Å²) in [5, 5.41) is 0. The van der Waals surface area contributed by atoms with E-state index in [9.17, 15) is 4.79 Å². The molecule has 0 saturated heterocycles. The number of aromatic nitrogens is 1. The summed E-state index contributed by atoms with van der Waals surface area (Å²) in [6.07, 6.45) is 2.41. The Hall–Kier alpha value is -2.36. The van der Waals surface area contributed by atoms with E-state index >= 15 is 0 Å². The standard InChI is InChI=1S/C15H16N2O2/c1-3-10-8-9-17-14(13(10)15(16)18)11-6-4-5-7-12(11)19-2/h4-9H,3H2,1-2H3,(H2,16,18). The molecule has 0 unspecified atom stereocenters. The van der Waals surface area contributed by atoms with Crippen LogP contribution in [0.4, 0.5) is 0 Å². The van der Waals surface area contributed by atoms with Crippen LogP contribution in [0.25, 0.3) is 11.3 Å². The number of carbonyl (C=O) groups excluding carboxylic acids is 1. The fourth-order valence-corrected chi connectivity index (χ4v) is 2.12. The summed E-state index contributed by atoms with van der Waals surface area (Å²) in [6, 6.07) is 9.27. The molecule has 0 spiro atoms. The fraction of sp³-hybridized carbons (Fsp3) is 0.200. The van der Waals surface area contributed by atoms with Crippen LogP contribution in [0.5, 0.6) is 5.75 Å². The molecule has 0 aliphatic heterocycles. The van der Waals surface area contributed by atoms with Crippen molar-refractivity contribution in [2.24, 2.45) is 5.73 Å². The minimum atomic E-state index is -0.467. The zero-order valence-corrected chi connectivity index (χ0v) is 11.0. The van der Waals surface area contributed by atoms with Crippen LogP contribution in [0.15, 0.2) is 36.5 Å². The highest BCUT2D eigenvalue weighted by molar-refractivity contribution is 6.00. The maximum absolute atomic E-state index is 11.7. The van der Waals surface area contributed by atoms with Gasteiger partial charge >= 0.3 is 0 Å². The molecule has 1 aromatic heterocycles. The Balaban J connectivity index is 2.71. The van der Waals surface area contributed by atoms with Crippen LogP contribution >= 0.6 is 0 Å². The van der Waals surface area contributed by atoms with E-state index in [1.54, 1.807) is 13.3 Å². The summed E-state index contributed by atoms with van der Waals surface area (Å²) >= 11 is 0. The lowest BCUT2D eigenvalue weighted by Crippen LogP contribution is -2.16. The van der Waals surface area contributed by atoms with E-state index in [0.717, 1.165) is 17.5 Å². The number of para-hydroxylation sites is 1. The number of pyridine rings is 1. The van der Waals surface area contributed by atoms with Crippen LogP contribution in [0.2, 0.25) is 0 Å². The molecule has 2 rings (SSSR count). The number of primary amides is 1. The molecule has 4 nitrogen and oxygen atoms in total. The zero-order valence-electron chi connectivity index (χ0n) is 11.0. The first kappa shape index (κ1) is 13.1. The molecule has 0 bridgehead atoms. The van der Waals surface area contributed by atoms with E-state index in [0.29, 0.717) is 17.0 Å². The van der Waals surface area contributed by atoms with Gasteiger partial charge in [-0.3, -0.25) is 9.78 Å². The summed E-state index contributed by atoms with van der Waals surface area (Å²) in [7, 11) is 1.59. The molecule has 0 atom stereocenters. The van der Waals surface area contributed by atoms with Gasteiger partial charge < -0.3 is 10.5 Å². The van der Waals surface area contributed by atoms with Crippen molar-refractivity contribution in [2.45, 2.75) is 13.3 Å². The predicted octanol–water partition coefficient (Wildman–Crippen LogP) is 2.42. The fourth-order valence-electron chi connectivity index (χ4n) is 2.12. The van der Waals surface area contributed by atoms with Crippen LogP contribution in [0.3, 0.4) is 0 Å². The highest BCUT2D eigenvalue weighted by atomic mass is 16.5. The van der Waals surface area contributed by atoms with E-state index in [-0.39, 0.29) is 0 Å². The van der Waals surface area contributed by atoms with E-state index in [1.807, 2.05) is 37.3 Å². The quantitative estimate of drug-likeness (QED) is 0.913. The van der Waals surface area contributed by atoms with Crippen molar-refractivity contribution in [2.75, 3.05) is 7.11 Å². The Morgan fingerprint density at radius 3 is 2.68 bits per heavy atom. The monoisotopic (exact) mass is 256 g/mol. The average molecular weight is 256 g/mol. The normalized spacial score (nSPS) is 10.2. The predicted molar refractivity (Wildman–Crippen MR) is 74.1 cm³/mol. The third-order valence-corrected chi connectivity index (χ3v) is 3.03. The van der Waals surface area contributed by atoms with Gasteiger partial charge in [-0.25, -0.2) is 0 Å². The summed E-state index contributed by atoms with van der Waals surface area (Å²) in [4.78, 5) is 16.0. The molecule has 0 radical (unpaired) electrons. The summed E-state index contributed by atoms with van der Waals surface area (Å²) < 4.78 is 5.32. The van der Waals surface area contributed by atoms with Crippen molar-refractivity contribution < 1.29 is 9.53 Å². The molecule has 19 heavy (non-hydrogen) atoms. The summed E-state index contributed by atoms with van der Waals surface area (Å²) in [5.74, 6) is 0.205. The number of benzene rings is 1. The number of aryl methyl sites for hydroxylation is 1. The Morgan fingerprint density at radius 1 is 1.32 bits per heavy atom. The number of rotatable bonds is 4. The Bertz CT molecular complexity index is 609. The van der Waals surface area contributed by atoms with E-state index in [1.165, 1.54) is 0 Å². The van der Waals surface area contributed by atoms with Crippen LogP contribution in [-0.2, 0) is 6.42 Å². The van der Waals surface area contributed by atoms with Gasteiger partial charge in [0.1, 0.15) is 5.75 Å². The molecule has 2 N–H and O–H groups in total. The van der Waals surface area contributed by atoms with Crippen molar-refractivity contribution in [1.29, 1.82) is 0 Å². The molecule has 0 aliphatic rings. The van der Waals surface area contributed by atoms with Crippen LogP contribution in [0.1, 0.15) is 22.8 Å². The Morgan fingerprint density at radius 2 is 2.05 bits per heavy atom. The van der Waals surface area contributed by atoms with Gasteiger partial charge in [-0.2, -0.15) is 0 Å². The molecule has 1 aromatic carbocycles. The molecule has 1 amide bonds. The Kier molecular flexibility index (Phi) is 3.80. The van der Waals surface area contributed by atoms with Crippen molar-refractivity contribution >= 4 is 5.91 Å². The van der Waals surface area contributed by atoms with Crippen molar-refractivity contribution in [3.8, 4) is 17.0 Å². The summed E-state index contributed by atoms with van der Waals surface area (Å²) in [5.41, 5.74) is 8.20. The minimum Gasteiger partial charge on any atom is -0.496 e. The number of amides is 1. The second kappa shape index (κ2) is 5.52. The average Bonchev–Trinajstić information content (AvgIpc) is 2.46. The van der Waals surface area contributed by atoms with Crippen LogP contribution in [-0.4, -0.2) is 18.0 Å². The first-order valence-electron chi connectivity index (χ1n) is 6.10. The Labute approximate surface area is 112 Å². The van der Waals surface area contributed by atoms with E-state index in [2.05, 4.69) is 4.98 Å². The van der Waals surface area contributed by atoms with Gasteiger partial charge in [0.25, 0.3) is 5.91 Å². The second-order valence-electron chi connectivity index (χ2n) is 4.11. The molecule has 0 saturated carbocycles. The third kappa shape index (κ3) is 2.42. The first-order valence-corrected chi connectivity index (χ1v) is 6.10. The number of ether oxygens (including phenoxy) is 1. The largest absolute Gasteiger partial charge is 0.496 e. The molecule has 1 heterocycles. The molecule has 2 aromatic rings. The molecule has 4 heteroatoms. The molecule has 0 aliphatic carbocycles. The van der Waals surface area contributed by atoms with Gasteiger partial charge in [0.05, 0.1) is 18.4 Å². The maximum Gasteiger partial charge on any atom is 0.251 e. The lowest BCUT2D eigenvalue weighted by molar-refractivity contribution is 0.1000. The van der Waals surface area contributed by atoms with Gasteiger partial charge in [0, 0.05) is 11.8 Å². The molecule has 0 fully saturated rings. The van der Waals surface area contributed by atoms with Crippen molar-refractivity contribution in [1.82, 2.24) is 4.98 Å². The van der Waals surface area contributed by atoms with Crippen LogP contribution in [0, 0.1) is 0 Å². The number of hydrogen-bond acceptors (Lipinski definition) is 3. The lowest BCUT2D eigenvalue weighted by Gasteiger charge is -2.12. The van der Waals surface area contributed by atoms with Crippen molar-refractivity contribution in [3.05, 3.63) is 47.7 Å². The number of hydrogen-bond donors (Lipinski definition) is 1. The topological polar surface area (TPSA) is 65.2 Å². The number of carbonyl (C=O) groups is 1. The van der Waals surface area contributed by atoms with Gasteiger partial charge in [-0.05, 0) is 30.2 Å². The smallest absolute Gasteiger partial charge is 0.251 e. The number of methoxy groups -OCH3 is 1. The summed E-state index contributed by atoms with van der Waals surface area (Å²) in [6.45, 7) is 1.98. The van der Waals surface area contributed by atoms with E-state index in [4.69, 9.17) is 10.5 Å². The van der Waals surface area contributed by atoms with E-state index < -0.39 is 5.91 Å². The zero-order chi connectivity index (χ0) is 13.8. The number of nitrogens with zero attached hydrogens (tertiary/aromatic N) is 1. The van der Waals surface area contributed by atoms with Gasteiger partial charge in [-0.15, -0.1) is 0 Å². The van der Waals surface area contributed by atoms with Gasteiger partial charge in [0.15, 0.2) is 0 Å². The van der Waals surface area contributed by atoms with Crippen LogP contribution < -0.4 is 10.5 Å². The van der Waals surface area contributed by atoms with Gasteiger partial charge in [-0.1, -0.05) is 19.1 Å². The van der Waals surface area contributed by atoms with Gasteiger partial charge in [0.2, 0.25) is 0 Å². The molecular weight excluding hydrogens is 240 g/mol. The lowest BCUT2D eigenvalue weighted by atomic mass is 9.98. The van der Waals surface area contributed by atoms with Crippen molar-refractivity contribution in [3.63, 3.8) is 0 Å². The highest BCUT2D eigenvalue weighted by Crippen LogP contribution is 2.31. The SMILES string of the molecule is CCc1ccnc(-c2ccccc2OC)c1C(N)=O. The maximum atomic E-state index is 11.7. The molecule has 98 valence electrons. The first-order chi connectivity index (χ1) is 9.19. The minimum absolute atomic E-state index is 0.467. The highest BCUT2D eigenvalue weighted by Gasteiger charge is 2.17. The third-order valence-electron chi connectivity index (χ3n) is 3.03.